The summed E-state index contributed by atoms with van der Waals surface area (Å²) in [5, 5.41) is 53.9. The SMILES string of the molecule is C[C@H](NC(=O)[C@@H](N)CNC(=O)[C@@H](N)CNC(=O)[C@H]1O[C@@H](n2cnc3c(N)ncnc32)[C@H](O)[C@@H]1O)C(=O)N[C@@H](CCCN=C(N)N)C(=O)N[C@@H](CCCN=C(N)N)C(=O)N[C@@H](CCCN=C(N)N)C(=O)N[C@@H](CCCN=C(N)N)C(=O)N[C@@H](CCCN=C(N)N)C(=O)N[C@@H](CCCN=C(N)N)C(=O)O. The Labute approximate surface area is 589 Å². The van der Waals surface area contributed by atoms with Crippen molar-refractivity contribution in [2.24, 2.45) is 110 Å². The zero-order chi connectivity index (χ0) is 77.0. The van der Waals surface area contributed by atoms with Crippen molar-refractivity contribution < 1.29 is 68.0 Å². The van der Waals surface area contributed by atoms with E-state index in [0.717, 1.165) is 6.33 Å². The van der Waals surface area contributed by atoms with Crippen molar-refractivity contribution in [1.29, 1.82) is 0 Å². The second kappa shape index (κ2) is 43.9. The van der Waals surface area contributed by atoms with Gasteiger partial charge in [0.25, 0.3) is 5.91 Å². The van der Waals surface area contributed by atoms with Crippen LogP contribution in [0.5, 0.6) is 0 Å². The molecule has 2 aromatic heterocycles. The van der Waals surface area contributed by atoms with Gasteiger partial charge in [0.05, 0.1) is 6.33 Å². The predicted molar refractivity (Wildman–Crippen MR) is 374 cm³/mol. The van der Waals surface area contributed by atoms with E-state index in [2.05, 4.69) is 92.8 Å². The van der Waals surface area contributed by atoms with Crippen molar-refractivity contribution in [2.75, 3.05) is 58.1 Å². The molecule has 9 amide bonds. The summed E-state index contributed by atoms with van der Waals surface area (Å²) in [5.74, 6) is -11.8. The number of nitrogens with zero attached hydrogens (tertiary/aromatic N) is 10. The molecule has 42 N–H and O–H groups in total. The van der Waals surface area contributed by atoms with Crippen LogP contribution in [-0.2, 0) is 52.7 Å². The summed E-state index contributed by atoms with van der Waals surface area (Å²) < 4.78 is 6.91. The molecular weight excluding hydrogens is 1360 g/mol. The normalized spacial score (nSPS) is 17.1. The molecule has 48 heteroatoms. The van der Waals surface area contributed by atoms with Gasteiger partial charge in [0.2, 0.25) is 47.3 Å². The number of aliphatic hydroxyl groups excluding tert-OH is 2. The second-order valence-electron chi connectivity index (χ2n) is 23.3. The lowest BCUT2D eigenvalue weighted by molar-refractivity contribution is -0.142. The molecule has 0 aliphatic carbocycles. The van der Waals surface area contributed by atoms with Crippen molar-refractivity contribution in [2.45, 2.75) is 163 Å². The number of carboxylic acids is 1. The zero-order valence-electron chi connectivity index (χ0n) is 56.8. The van der Waals surface area contributed by atoms with E-state index in [1.165, 1.54) is 17.8 Å². The van der Waals surface area contributed by atoms with Crippen molar-refractivity contribution in [3.63, 3.8) is 0 Å². The number of hydrogen-bond acceptors (Lipinski definition) is 25. The Kier molecular flexibility index (Phi) is 36.5. The maximum Gasteiger partial charge on any atom is 0.326 e. The Morgan fingerprint density at radius 1 is 0.456 bits per heavy atom. The monoisotopic (exact) mass is 1460 g/mol. The van der Waals surface area contributed by atoms with E-state index in [4.69, 9.17) is 90.7 Å². The molecule has 103 heavy (non-hydrogen) atoms. The number of ether oxygens (including phenoxy) is 1. The summed E-state index contributed by atoms with van der Waals surface area (Å²) in [7, 11) is 0. The van der Waals surface area contributed by atoms with Gasteiger partial charge in [-0.1, -0.05) is 0 Å². The van der Waals surface area contributed by atoms with Crippen LogP contribution in [0.4, 0.5) is 5.82 Å². The minimum Gasteiger partial charge on any atom is -0.480 e. The first-order valence-corrected chi connectivity index (χ1v) is 32.3. The smallest absolute Gasteiger partial charge is 0.326 e. The van der Waals surface area contributed by atoms with Gasteiger partial charge in [-0.15, -0.1) is 0 Å². The highest BCUT2D eigenvalue weighted by Crippen LogP contribution is 2.32. The van der Waals surface area contributed by atoms with Crippen LogP contribution in [0.3, 0.4) is 0 Å². The van der Waals surface area contributed by atoms with Gasteiger partial charge in [-0.3, -0.25) is 77.7 Å². The predicted octanol–water partition coefficient (Wildman–Crippen LogP) is -14.3. The number of aliphatic imine (C=N–C) groups is 6. The number of aromatic nitrogens is 4. The van der Waals surface area contributed by atoms with Crippen LogP contribution in [0.2, 0.25) is 0 Å². The van der Waals surface area contributed by atoms with Crippen molar-refractivity contribution >= 4 is 112 Å². The van der Waals surface area contributed by atoms with E-state index in [1.807, 2.05) is 0 Å². The van der Waals surface area contributed by atoms with E-state index >= 15 is 0 Å². The number of fused-ring (bicyclic) bond motifs is 1. The molecule has 574 valence electrons. The molecule has 3 rings (SSSR count). The fourth-order valence-corrected chi connectivity index (χ4v) is 9.67. The van der Waals surface area contributed by atoms with Gasteiger partial charge in [0, 0.05) is 52.4 Å². The Hall–Kier alpha value is -11.5. The maximum atomic E-state index is 14.6. The second-order valence-corrected chi connectivity index (χ2v) is 23.3. The standard InChI is InChI=1S/C55H100N34O14/c1-24(82-41(94)26(57)21-77-40(93)25(56)20-78-47(100)36-34(90)35(91)48(103-36)89-23-81-33-37(58)79-22-80-38(33)89)39(92)83-27(8-2-14-71-50(59)60)42(95)84-28(9-3-15-72-51(61)62)43(96)85-29(10-4-16-73-52(63)64)44(97)86-30(11-5-17-74-53(65)66)45(98)87-31(12-6-18-75-54(67)68)46(99)88-32(49(101)102)13-7-19-76-55(69)70/h22-32,34-36,48,90-91H,2-21,56-57H2,1H3,(H,77,93)(H,78,100)(H,82,94)(H,83,92)(H,84,95)(H,85,96)(H,86,97)(H,87,98)(H,88,99)(H,101,102)(H2,58,79,80)(H4,59,60,71)(H4,61,62,72)(H4,63,64,73)(H4,65,66,74)(H4,67,68,75)(H4,69,70,76)/t24-,25-,26-,27-,28-,29-,30-,31-,32-,34-,35+,36-,48+/m0/s1. The number of guanidine groups is 6. The van der Waals surface area contributed by atoms with Crippen molar-refractivity contribution in [3.05, 3.63) is 12.7 Å². The molecule has 1 aliphatic heterocycles. The van der Waals surface area contributed by atoms with E-state index in [0.29, 0.717) is 0 Å². The van der Waals surface area contributed by atoms with Gasteiger partial charge >= 0.3 is 5.97 Å². The summed E-state index contributed by atoms with van der Waals surface area (Å²) in [6.45, 7) is -0.110. The molecule has 0 unspecified atom stereocenters. The molecule has 0 bridgehead atoms. The van der Waals surface area contributed by atoms with E-state index < -0.39 is 151 Å². The lowest BCUT2D eigenvalue weighted by Gasteiger charge is -2.28. The first-order chi connectivity index (χ1) is 48.6. The molecule has 0 saturated carbocycles. The lowest BCUT2D eigenvalue weighted by Crippen LogP contribution is -2.60. The van der Waals surface area contributed by atoms with Gasteiger partial charge < -0.3 is 154 Å². The summed E-state index contributed by atoms with van der Waals surface area (Å²) in [4.78, 5) is 173. The molecule has 2 aromatic rings. The third-order valence-corrected chi connectivity index (χ3v) is 15.0. The maximum absolute atomic E-state index is 14.6. The van der Waals surface area contributed by atoms with Crippen LogP contribution < -0.4 is 134 Å². The van der Waals surface area contributed by atoms with Crippen molar-refractivity contribution in [1.82, 2.24) is 67.4 Å². The third kappa shape index (κ3) is 30.9. The van der Waals surface area contributed by atoms with Gasteiger partial charge in [0.15, 0.2) is 59.6 Å². The third-order valence-electron chi connectivity index (χ3n) is 15.0. The highest BCUT2D eigenvalue weighted by atomic mass is 16.6. The topological polar surface area (TPSA) is 857 Å². The number of nitrogens with two attached hydrogens (primary N) is 15. The quantitative estimate of drug-likeness (QED) is 0.0166. The molecular formula is C55H100N34O14. The Balaban J connectivity index is 1.84. The molecule has 13 atom stereocenters. The number of carbonyl (C=O) groups is 10. The number of rotatable bonds is 46. The minimum atomic E-state index is -1.75. The zero-order valence-corrected chi connectivity index (χ0v) is 56.8. The minimum absolute atomic E-state index is 0.0156. The molecule has 1 fully saturated rings. The average Bonchev–Trinajstić information content (AvgIpc) is 1.62. The molecule has 1 saturated heterocycles. The van der Waals surface area contributed by atoms with E-state index in [-0.39, 0.29) is 169 Å². The Morgan fingerprint density at radius 3 is 1.15 bits per heavy atom. The molecule has 0 radical (unpaired) electrons. The first kappa shape index (κ1) is 85.7. The first-order valence-electron chi connectivity index (χ1n) is 32.3. The number of amides is 9. The molecule has 48 nitrogen and oxygen atoms in total. The number of hydrogen-bond donors (Lipinski definition) is 27. The summed E-state index contributed by atoms with van der Waals surface area (Å²) >= 11 is 0. The van der Waals surface area contributed by atoms with E-state index in [9.17, 15) is 63.3 Å². The fraction of sp³-hybridized carbons (Fsp3) is 0.618. The lowest BCUT2D eigenvalue weighted by atomic mass is 10.0. The Morgan fingerprint density at radius 2 is 0.786 bits per heavy atom. The summed E-state index contributed by atoms with van der Waals surface area (Å²) in [6, 6.07) is -13.5. The number of aliphatic hydroxyl groups is 2. The number of aliphatic carboxylic acids is 1. The Bertz CT molecular complexity index is 3360. The molecule has 1 aliphatic rings. The number of nitrogens with one attached hydrogen (secondary N) is 9. The van der Waals surface area contributed by atoms with Crippen LogP contribution >= 0.6 is 0 Å². The summed E-state index contributed by atoms with van der Waals surface area (Å²) in [6.07, 6.45) is -4.86. The average molecular weight is 1460 g/mol. The van der Waals surface area contributed by atoms with E-state index in [1.54, 1.807) is 0 Å². The van der Waals surface area contributed by atoms with Crippen LogP contribution in [0.1, 0.15) is 90.2 Å². The molecule has 3 heterocycles. The van der Waals surface area contributed by atoms with Crippen LogP contribution in [0.15, 0.2) is 42.6 Å². The van der Waals surface area contributed by atoms with Gasteiger partial charge in [-0.25, -0.2) is 19.7 Å². The number of carbonyl (C=O) groups excluding carboxylic acids is 9. The molecule has 0 aromatic carbocycles. The largest absolute Gasteiger partial charge is 0.480 e. The highest BCUT2D eigenvalue weighted by molar-refractivity contribution is 5.98. The molecule has 0 spiro atoms. The van der Waals surface area contributed by atoms with Crippen LogP contribution in [-0.4, -0.2) is 255 Å². The number of nitrogen functional groups attached to an aromatic ring is 1. The number of carboxylic acid groups (broad SMARTS) is 1. The summed E-state index contributed by atoms with van der Waals surface area (Å²) in [5.41, 5.74) is 84.4. The van der Waals surface area contributed by atoms with Gasteiger partial charge in [-0.2, -0.15) is 0 Å². The van der Waals surface area contributed by atoms with Crippen molar-refractivity contribution in [3.8, 4) is 0 Å². The number of anilines is 1. The number of imidazole rings is 1. The van der Waals surface area contributed by atoms with Crippen LogP contribution in [0.25, 0.3) is 11.2 Å². The van der Waals surface area contributed by atoms with Gasteiger partial charge in [-0.05, 0) is 84.0 Å². The fourth-order valence-electron chi connectivity index (χ4n) is 9.67. The highest BCUT2D eigenvalue weighted by Gasteiger charge is 2.48. The van der Waals surface area contributed by atoms with Gasteiger partial charge in [0.1, 0.15) is 78.4 Å². The van der Waals surface area contributed by atoms with Crippen LogP contribution in [0, 0.1) is 0 Å².